The number of aromatic nitrogens is 1. The van der Waals surface area contributed by atoms with E-state index in [9.17, 15) is 4.79 Å². The van der Waals surface area contributed by atoms with Gasteiger partial charge in [0.2, 0.25) is 0 Å². The molecule has 1 heterocycles. The van der Waals surface area contributed by atoms with Crippen molar-refractivity contribution in [2.45, 2.75) is 25.9 Å². The third-order valence-corrected chi connectivity index (χ3v) is 2.83. The Morgan fingerprint density at radius 1 is 1.53 bits per heavy atom. The number of halogens is 1. The minimum Gasteiger partial charge on any atom is -0.481 e. The number of ether oxygens (including phenoxy) is 2. The second-order valence-electron chi connectivity index (χ2n) is 4.28. The Balaban J connectivity index is 2.62. The van der Waals surface area contributed by atoms with Crippen molar-refractivity contribution in [2.75, 3.05) is 25.2 Å². The second kappa shape index (κ2) is 7.62. The third-order valence-electron chi connectivity index (χ3n) is 2.51. The zero-order valence-electron chi connectivity index (χ0n) is 11.0. The van der Waals surface area contributed by atoms with Crippen LogP contribution in [0.3, 0.4) is 0 Å². The van der Waals surface area contributed by atoms with Gasteiger partial charge in [0.05, 0.1) is 31.9 Å². The summed E-state index contributed by atoms with van der Waals surface area (Å²) in [5.41, 5.74) is -0.351. The number of hydrogen-bond donors (Lipinski definition) is 1. The normalized spacial score (nSPS) is 14.3. The maximum Gasteiger partial charge on any atom is 0.306 e. The Labute approximate surface area is 120 Å². The summed E-state index contributed by atoms with van der Waals surface area (Å²) in [6.45, 7) is 4.71. The topological polar surface area (TPSA) is 81.8 Å². The Morgan fingerprint density at radius 2 is 2.26 bits per heavy atom. The molecule has 0 amide bonds. The van der Waals surface area contributed by atoms with Crippen molar-refractivity contribution in [3.8, 4) is 0 Å². The molecule has 1 N–H and O–H groups in total. The number of aryl methyl sites for hydroxylation is 1. The third kappa shape index (κ3) is 5.30. The molecule has 1 aromatic rings. The van der Waals surface area contributed by atoms with E-state index < -0.39 is 11.6 Å². The molecule has 0 bridgehead atoms. The fourth-order valence-corrected chi connectivity index (χ4v) is 1.82. The molecule has 0 aliphatic rings. The van der Waals surface area contributed by atoms with Crippen LogP contribution in [0.5, 0.6) is 0 Å². The molecule has 7 heteroatoms. The van der Waals surface area contributed by atoms with Crippen LogP contribution in [-0.4, -0.2) is 41.4 Å². The average molecular weight is 336 g/mol. The first-order valence-electron chi connectivity index (χ1n) is 5.91. The van der Waals surface area contributed by atoms with E-state index in [1.807, 2.05) is 0 Å². The van der Waals surface area contributed by atoms with Gasteiger partial charge in [-0.25, -0.2) is 0 Å². The summed E-state index contributed by atoms with van der Waals surface area (Å²) in [5, 5.41) is 13.5. The summed E-state index contributed by atoms with van der Waals surface area (Å²) in [4.78, 5) is 11.0. The van der Waals surface area contributed by atoms with E-state index in [2.05, 4.69) is 21.1 Å². The van der Waals surface area contributed by atoms with Crippen molar-refractivity contribution in [1.82, 2.24) is 5.16 Å². The molecule has 1 aromatic heterocycles. The monoisotopic (exact) mass is 335 g/mol. The fourth-order valence-electron chi connectivity index (χ4n) is 1.59. The van der Waals surface area contributed by atoms with E-state index >= 15 is 0 Å². The van der Waals surface area contributed by atoms with Gasteiger partial charge < -0.3 is 19.1 Å². The number of carbonyl (C=O) groups is 1. The van der Waals surface area contributed by atoms with Crippen LogP contribution >= 0.6 is 15.9 Å². The number of rotatable bonds is 9. The first-order chi connectivity index (χ1) is 8.98. The number of carboxylic acid groups (broad SMARTS) is 1. The molecule has 0 saturated heterocycles. The molecule has 1 unspecified atom stereocenters. The highest BCUT2D eigenvalue weighted by molar-refractivity contribution is 9.09. The Hall–Kier alpha value is -0.920. The summed E-state index contributed by atoms with van der Waals surface area (Å²) >= 11 is 3.25. The number of aliphatic carboxylic acids is 1. The van der Waals surface area contributed by atoms with Gasteiger partial charge in [0, 0.05) is 11.4 Å². The minimum absolute atomic E-state index is 0.194. The zero-order chi connectivity index (χ0) is 14.3. The molecule has 108 valence electrons. The van der Waals surface area contributed by atoms with Gasteiger partial charge in [-0.2, -0.15) is 0 Å². The smallest absolute Gasteiger partial charge is 0.306 e. The van der Waals surface area contributed by atoms with Crippen LogP contribution in [0, 0.1) is 6.92 Å². The first kappa shape index (κ1) is 16.1. The largest absolute Gasteiger partial charge is 0.481 e. The van der Waals surface area contributed by atoms with Crippen LogP contribution < -0.4 is 0 Å². The van der Waals surface area contributed by atoms with E-state index in [-0.39, 0.29) is 13.0 Å². The number of carboxylic acids is 1. The summed E-state index contributed by atoms with van der Waals surface area (Å²) in [6.07, 6.45) is -0.194. The minimum atomic E-state index is -1.04. The molecule has 0 radical (unpaired) electrons. The van der Waals surface area contributed by atoms with Crippen molar-refractivity contribution in [3.63, 3.8) is 0 Å². The summed E-state index contributed by atoms with van der Waals surface area (Å²) < 4.78 is 16.0. The van der Waals surface area contributed by atoms with Crippen LogP contribution in [0.4, 0.5) is 0 Å². The van der Waals surface area contributed by atoms with Crippen molar-refractivity contribution in [2.24, 2.45) is 0 Å². The Morgan fingerprint density at radius 3 is 2.79 bits per heavy atom. The first-order valence-corrected chi connectivity index (χ1v) is 7.03. The zero-order valence-corrected chi connectivity index (χ0v) is 12.6. The van der Waals surface area contributed by atoms with E-state index in [0.717, 1.165) is 5.33 Å². The Kier molecular flexibility index (Phi) is 6.47. The Bertz CT molecular complexity index is 409. The molecule has 19 heavy (non-hydrogen) atoms. The van der Waals surface area contributed by atoms with E-state index in [4.69, 9.17) is 19.1 Å². The summed E-state index contributed by atoms with van der Waals surface area (Å²) in [5.74, 6) is -0.550. The second-order valence-corrected chi connectivity index (χ2v) is 5.08. The van der Waals surface area contributed by atoms with E-state index in [1.54, 1.807) is 19.9 Å². The number of nitrogens with zero attached hydrogens (tertiary/aromatic N) is 1. The van der Waals surface area contributed by atoms with E-state index in [0.29, 0.717) is 24.7 Å². The maximum absolute atomic E-state index is 11.0. The van der Waals surface area contributed by atoms with Crippen LogP contribution in [0.2, 0.25) is 0 Å². The molecular formula is C12H18BrNO5. The predicted molar refractivity (Wildman–Crippen MR) is 71.4 cm³/mol. The molecule has 0 aliphatic heterocycles. The lowest BCUT2D eigenvalue weighted by molar-refractivity contribution is -0.148. The molecule has 0 spiro atoms. The van der Waals surface area contributed by atoms with Crippen molar-refractivity contribution >= 4 is 21.9 Å². The van der Waals surface area contributed by atoms with Crippen LogP contribution in [0.25, 0.3) is 0 Å². The number of hydrogen-bond acceptors (Lipinski definition) is 5. The van der Waals surface area contributed by atoms with Gasteiger partial charge >= 0.3 is 5.97 Å². The molecule has 0 fully saturated rings. The molecule has 1 rings (SSSR count). The van der Waals surface area contributed by atoms with Crippen LogP contribution in [-0.2, 0) is 19.9 Å². The van der Waals surface area contributed by atoms with Crippen molar-refractivity contribution < 1.29 is 23.9 Å². The molecular weight excluding hydrogens is 318 g/mol. The highest BCUT2D eigenvalue weighted by Gasteiger charge is 2.34. The number of alkyl halides is 1. The summed E-state index contributed by atoms with van der Waals surface area (Å²) in [7, 11) is 0. The standard InChI is InChI=1S/C12H18BrNO5/c1-9-7-10(19-14-9)12(2,8-11(15)16)18-6-5-17-4-3-13/h7H,3-6,8H2,1-2H3,(H,15,16). The van der Waals surface area contributed by atoms with Crippen LogP contribution in [0.1, 0.15) is 24.8 Å². The predicted octanol–water partition coefficient (Wildman–Crippen LogP) is 2.10. The molecule has 0 aromatic carbocycles. The van der Waals surface area contributed by atoms with Crippen LogP contribution in [0.15, 0.2) is 10.6 Å². The van der Waals surface area contributed by atoms with Gasteiger partial charge in [-0.3, -0.25) is 4.79 Å². The lowest BCUT2D eigenvalue weighted by Gasteiger charge is -2.25. The quantitative estimate of drug-likeness (QED) is 0.549. The SMILES string of the molecule is Cc1cc(C(C)(CC(=O)O)OCCOCCBr)on1. The van der Waals surface area contributed by atoms with Gasteiger partial charge in [0.1, 0.15) is 5.60 Å². The highest BCUT2D eigenvalue weighted by Crippen LogP contribution is 2.29. The van der Waals surface area contributed by atoms with E-state index in [1.165, 1.54) is 0 Å². The maximum atomic E-state index is 11.0. The van der Waals surface area contributed by atoms with Crippen molar-refractivity contribution in [3.05, 3.63) is 17.5 Å². The van der Waals surface area contributed by atoms with Gasteiger partial charge in [-0.05, 0) is 13.8 Å². The molecule has 6 nitrogen and oxygen atoms in total. The van der Waals surface area contributed by atoms with Gasteiger partial charge in [0.15, 0.2) is 5.76 Å². The lowest BCUT2D eigenvalue weighted by atomic mass is 9.98. The van der Waals surface area contributed by atoms with Gasteiger partial charge in [-0.15, -0.1) is 0 Å². The lowest BCUT2D eigenvalue weighted by Crippen LogP contribution is -2.30. The fraction of sp³-hybridized carbons (Fsp3) is 0.667. The molecule has 0 aliphatic carbocycles. The average Bonchev–Trinajstić information content (AvgIpc) is 2.75. The molecule has 0 saturated carbocycles. The summed E-state index contributed by atoms with van der Waals surface area (Å²) in [6, 6.07) is 1.68. The molecule has 1 atom stereocenters. The van der Waals surface area contributed by atoms with Crippen molar-refractivity contribution in [1.29, 1.82) is 0 Å². The highest BCUT2D eigenvalue weighted by atomic mass is 79.9. The van der Waals surface area contributed by atoms with Gasteiger partial charge in [-0.1, -0.05) is 21.1 Å². The van der Waals surface area contributed by atoms with Gasteiger partial charge in [0.25, 0.3) is 0 Å².